The molecule has 0 saturated heterocycles. The molecule has 0 aliphatic heterocycles. The van der Waals surface area contributed by atoms with Crippen LogP contribution in [-0.2, 0) is 4.79 Å². The Morgan fingerprint density at radius 3 is 2.61 bits per heavy atom. The first-order chi connectivity index (χ1) is 8.63. The van der Waals surface area contributed by atoms with Gasteiger partial charge >= 0.3 is 0 Å². The summed E-state index contributed by atoms with van der Waals surface area (Å²) in [5, 5.41) is 6.18. The Morgan fingerprint density at radius 1 is 1.33 bits per heavy atom. The van der Waals surface area contributed by atoms with E-state index >= 15 is 0 Å². The minimum absolute atomic E-state index is 0.0526. The number of amides is 1. The molecule has 0 radical (unpaired) electrons. The first-order valence-corrected chi connectivity index (χ1v) is 6.56. The summed E-state index contributed by atoms with van der Waals surface area (Å²) in [5.41, 5.74) is 1.14. The molecule has 0 spiro atoms. The van der Waals surface area contributed by atoms with Crippen LogP contribution in [0.4, 0.5) is 0 Å². The number of carbonyl (C=O) groups is 1. The van der Waals surface area contributed by atoms with E-state index in [0.29, 0.717) is 6.54 Å². The molecule has 1 aromatic heterocycles. The Balaban J connectivity index is 2.30. The van der Waals surface area contributed by atoms with Gasteiger partial charge in [0, 0.05) is 24.5 Å². The Bertz CT molecular complexity index is 353. The largest absolute Gasteiger partial charge is 0.353 e. The van der Waals surface area contributed by atoms with Crippen LogP contribution in [0.15, 0.2) is 24.5 Å². The Hall–Kier alpha value is -1.42. The molecule has 0 fully saturated rings. The second-order valence-electron chi connectivity index (χ2n) is 4.64. The first kappa shape index (κ1) is 14.6. The standard InChI is InChI=1S/C14H23N3O/c1-4-5-11(2)17-14(18)10-16-12(3)13-6-8-15-9-7-13/h6-9,11-12,16H,4-5,10H2,1-3H3,(H,17,18)/t11?,12-/m0/s1. The number of rotatable bonds is 7. The maximum Gasteiger partial charge on any atom is 0.234 e. The lowest BCUT2D eigenvalue weighted by atomic mass is 10.1. The molecular formula is C14H23N3O. The molecule has 0 aliphatic carbocycles. The van der Waals surface area contributed by atoms with Crippen LogP contribution in [0.3, 0.4) is 0 Å². The molecule has 0 bridgehead atoms. The summed E-state index contributed by atoms with van der Waals surface area (Å²) in [4.78, 5) is 15.7. The number of hydrogen-bond donors (Lipinski definition) is 2. The van der Waals surface area contributed by atoms with Crippen LogP contribution >= 0.6 is 0 Å². The Morgan fingerprint density at radius 2 is 2.00 bits per heavy atom. The molecule has 0 aliphatic rings. The summed E-state index contributed by atoms with van der Waals surface area (Å²) in [6.07, 6.45) is 5.63. The third-order valence-corrected chi connectivity index (χ3v) is 2.90. The van der Waals surface area contributed by atoms with Crippen molar-refractivity contribution in [2.75, 3.05) is 6.54 Å². The monoisotopic (exact) mass is 249 g/mol. The number of hydrogen-bond acceptors (Lipinski definition) is 3. The van der Waals surface area contributed by atoms with Crippen LogP contribution in [0.1, 0.15) is 45.2 Å². The van der Waals surface area contributed by atoms with Crippen molar-refractivity contribution in [3.63, 3.8) is 0 Å². The van der Waals surface area contributed by atoms with Crippen LogP contribution in [0.2, 0.25) is 0 Å². The predicted molar refractivity (Wildman–Crippen MR) is 73.2 cm³/mol. The number of pyridine rings is 1. The maximum atomic E-state index is 11.7. The van der Waals surface area contributed by atoms with Crippen LogP contribution in [0.5, 0.6) is 0 Å². The topological polar surface area (TPSA) is 54.0 Å². The molecule has 0 saturated carbocycles. The molecule has 2 N–H and O–H groups in total. The molecule has 1 rings (SSSR count). The van der Waals surface area contributed by atoms with Gasteiger partial charge in [-0.25, -0.2) is 0 Å². The Labute approximate surface area is 109 Å². The van der Waals surface area contributed by atoms with Crippen molar-refractivity contribution in [3.8, 4) is 0 Å². The summed E-state index contributed by atoms with van der Waals surface area (Å²) in [5.74, 6) is 0.0526. The minimum atomic E-state index is 0.0526. The highest BCUT2D eigenvalue weighted by atomic mass is 16.1. The van der Waals surface area contributed by atoms with Gasteiger partial charge in [-0.05, 0) is 38.0 Å². The van der Waals surface area contributed by atoms with Gasteiger partial charge < -0.3 is 10.6 Å². The molecule has 4 nitrogen and oxygen atoms in total. The third kappa shape index (κ3) is 5.27. The molecule has 0 aromatic carbocycles. The van der Waals surface area contributed by atoms with E-state index in [1.807, 2.05) is 26.0 Å². The average Bonchev–Trinajstić information content (AvgIpc) is 2.37. The highest BCUT2D eigenvalue weighted by Gasteiger charge is 2.09. The smallest absolute Gasteiger partial charge is 0.234 e. The average molecular weight is 249 g/mol. The van der Waals surface area contributed by atoms with Gasteiger partial charge in [0.2, 0.25) is 5.91 Å². The summed E-state index contributed by atoms with van der Waals surface area (Å²) >= 11 is 0. The second-order valence-corrected chi connectivity index (χ2v) is 4.64. The van der Waals surface area contributed by atoms with Gasteiger partial charge in [-0.2, -0.15) is 0 Å². The first-order valence-electron chi connectivity index (χ1n) is 6.56. The van der Waals surface area contributed by atoms with Crippen molar-refractivity contribution in [2.24, 2.45) is 0 Å². The fourth-order valence-corrected chi connectivity index (χ4v) is 1.85. The normalized spacial score (nSPS) is 13.9. The summed E-state index contributed by atoms with van der Waals surface area (Å²) < 4.78 is 0. The second kappa shape index (κ2) is 7.82. The highest BCUT2D eigenvalue weighted by molar-refractivity contribution is 5.78. The highest BCUT2D eigenvalue weighted by Crippen LogP contribution is 2.09. The predicted octanol–water partition coefficient (Wildman–Crippen LogP) is 2.04. The van der Waals surface area contributed by atoms with Gasteiger partial charge in [0.25, 0.3) is 0 Å². The van der Waals surface area contributed by atoms with Crippen molar-refractivity contribution in [1.82, 2.24) is 15.6 Å². The molecule has 1 amide bonds. The van der Waals surface area contributed by atoms with Gasteiger partial charge in [0.1, 0.15) is 0 Å². The summed E-state index contributed by atoms with van der Waals surface area (Å²) in [7, 11) is 0. The lowest BCUT2D eigenvalue weighted by molar-refractivity contribution is -0.121. The fourth-order valence-electron chi connectivity index (χ4n) is 1.85. The molecule has 1 heterocycles. The van der Waals surface area contributed by atoms with Crippen molar-refractivity contribution < 1.29 is 4.79 Å². The molecular weight excluding hydrogens is 226 g/mol. The molecule has 18 heavy (non-hydrogen) atoms. The van der Waals surface area contributed by atoms with E-state index in [4.69, 9.17) is 0 Å². The summed E-state index contributed by atoms with van der Waals surface area (Å²) in [6, 6.07) is 4.31. The Kier molecular flexibility index (Phi) is 6.36. The van der Waals surface area contributed by atoms with Gasteiger partial charge in [-0.3, -0.25) is 9.78 Å². The van der Waals surface area contributed by atoms with E-state index in [0.717, 1.165) is 18.4 Å². The number of carbonyl (C=O) groups excluding carboxylic acids is 1. The molecule has 2 atom stereocenters. The minimum Gasteiger partial charge on any atom is -0.353 e. The van der Waals surface area contributed by atoms with E-state index < -0.39 is 0 Å². The number of nitrogens with one attached hydrogen (secondary N) is 2. The summed E-state index contributed by atoms with van der Waals surface area (Å²) in [6.45, 7) is 6.54. The van der Waals surface area contributed by atoms with Gasteiger partial charge in [-0.1, -0.05) is 13.3 Å². The van der Waals surface area contributed by atoms with Crippen LogP contribution in [0.25, 0.3) is 0 Å². The van der Waals surface area contributed by atoms with E-state index in [-0.39, 0.29) is 18.0 Å². The van der Waals surface area contributed by atoms with E-state index in [1.165, 1.54) is 0 Å². The fraction of sp³-hybridized carbons (Fsp3) is 0.571. The SMILES string of the molecule is CCCC(C)NC(=O)CN[C@@H](C)c1ccncc1. The van der Waals surface area contributed by atoms with Crippen molar-refractivity contribution >= 4 is 5.91 Å². The lowest BCUT2D eigenvalue weighted by Gasteiger charge is -2.16. The van der Waals surface area contributed by atoms with Crippen molar-refractivity contribution in [3.05, 3.63) is 30.1 Å². The van der Waals surface area contributed by atoms with E-state index in [1.54, 1.807) is 12.4 Å². The molecule has 100 valence electrons. The zero-order valence-electron chi connectivity index (χ0n) is 11.4. The van der Waals surface area contributed by atoms with Crippen molar-refractivity contribution in [2.45, 2.75) is 45.7 Å². The number of nitrogens with zero attached hydrogens (tertiary/aromatic N) is 1. The number of aromatic nitrogens is 1. The van der Waals surface area contributed by atoms with E-state index in [2.05, 4.69) is 22.5 Å². The van der Waals surface area contributed by atoms with Crippen molar-refractivity contribution in [1.29, 1.82) is 0 Å². The van der Waals surface area contributed by atoms with Gasteiger partial charge in [0.15, 0.2) is 0 Å². The molecule has 1 unspecified atom stereocenters. The van der Waals surface area contributed by atoms with Crippen LogP contribution in [0, 0.1) is 0 Å². The van der Waals surface area contributed by atoms with Gasteiger partial charge in [0.05, 0.1) is 6.54 Å². The molecule has 4 heteroatoms. The van der Waals surface area contributed by atoms with E-state index in [9.17, 15) is 4.79 Å². The molecule has 1 aromatic rings. The maximum absolute atomic E-state index is 11.7. The lowest BCUT2D eigenvalue weighted by Crippen LogP contribution is -2.39. The van der Waals surface area contributed by atoms with Gasteiger partial charge in [-0.15, -0.1) is 0 Å². The van der Waals surface area contributed by atoms with Crippen LogP contribution < -0.4 is 10.6 Å². The quantitative estimate of drug-likeness (QED) is 0.777. The third-order valence-electron chi connectivity index (χ3n) is 2.90. The zero-order chi connectivity index (χ0) is 13.4. The van der Waals surface area contributed by atoms with Crippen LogP contribution in [-0.4, -0.2) is 23.5 Å². The zero-order valence-corrected chi connectivity index (χ0v) is 11.4.